The summed E-state index contributed by atoms with van der Waals surface area (Å²) in [5.74, 6) is 0.958. The zero-order valence-electron chi connectivity index (χ0n) is 14.2. The molecule has 0 amide bonds. The Morgan fingerprint density at radius 3 is 2.81 bits per heavy atom. The molecule has 0 unspecified atom stereocenters. The standard InChI is InChI=1S/C16H20N6O4/c17-15-18-8-11(14(23)21-15)12-7-13(26-10-1-4-25-9-10)20-16(19-12)22-2-5-24-6-3-22/h7-8,10H,1-6,9H2,(H3,17,18,21,23)/t10-/m1/s1. The minimum absolute atomic E-state index is 0.0563. The van der Waals surface area contributed by atoms with Crippen molar-refractivity contribution in [2.45, 2.75) is 12.5 Å². The Labute approximate surface area is 149 Å². The summed E-state index contributed by atoms with van der Waals surface area (Å²) in [7, 11) is 0. The maximum absolute atomic E-state index is 12.3. The summed E-state index contributed by atoms with van der Waals surface area (Å²) in [5, 5.41) is 0. The highest BCUT2D eigenvalue weighted by atomic mass is 16.5. The number of morpholine rings is 1. The number of H-pyrrole nitrogens is 1. The molecule has 2 aromatic rings. The van der Waals surface area contributed by atoms with Gasteiger partial charge < -0.3 is 24.8 Å². The molecule has 2 saturated heterocycles. The lowest BCUT2D eigenvalue weighted by molar-refractivity contribution is 0.121. The van der Waals surface area contributed by atoms with Crippen LogP contribution in [0.5, 0.6) is 5.88 Å². The number of nitrogens with two attached hydrogens (primary N) is 1. The Hall–Kier alpha value is -2.72. The van der Waals surface area contributed by atoms with Gasteiger partial charge in [-0.1, -0.05) is 0 Å². The molecule has 26 heavy (non-hydrogen) atoms. The molecule has 4 rings (SSSR count). The van der Waals surface area contributed by atoms with E-state index in [9.17, 15) is 4.79 Å². The molecule has 2 fully saturated rings. The van der Waals surface area contributed by atoms with E-state index in [-0.39, 0.29) is 17.6 Å². The van der Waals surface area contributed by atoms with Crippen LogP contribution in [0.15, 0.2) is 17.1 Å². The normalized spacial score (nSPS) is 20.3. The molecule has 0 saturated carbocycles. The first kappa shape index (κ1) is 16.7. The van der Waals surface area contributed by atoms with E-state index in [1.807, 2.05) is 4.90 Å². The summed E-state index contributed by atoms with van der Waals surface area (Å²) in [5.41, 5.74) is 5.91. The third-order valence-electron chi connectivity index (χ3n) is 4.26. The lowest BCUT2D eigenvalue weighted by atomic mass is 10.2. The maximum atomic E-state index is 12.3. The number of hydrogen-bond acceptors (Lipinski definition) is 9. The van der Waals surface area contributed by atoms with E-state index >= 15 is 0 Å². The van der Waals surface area contributed by atoms with Crippen molar-refractivity contribution in [1.82, 2.24) is 19.9 Å². The largest absolute Gasteiger partial charge is 0.472 e. The Bertz CT molecular complexity index is 830. The Balaban J connectivity index is 1.72. The molecular weight excluding hydrogens is 340 g/mol. The number of nitrogens with zero attached hydrogens (tertiary/aromatic N) is 4. The van der Waals surface area contributed by atoms with Crippen LogP contribution in [0.4, 0.5) is 11.9 Å². The summed E-state index contributed by atoms with van der Waals surface area (Å²) in [6, 6.07) is 1.64. The SMILES string of the molecule is Nc1ncc(-c2cc(O[C@@H]3CCOC3)nc(N3CCOCC3)n2)c(=O)[nH]1. The topological polar surface area (TPSA) is 128 Å². The molecule has 2 aliphatic rings. The molecule has 0 radical (unpaired) electrons. The smallest absolute Gasteiger partial charge is 0.261 e. The van der Waals surface area contributed by atoms with Crippen LogP contribution >= 0.6 is 0 Å². The predicted molar refractivity (Wildman–Crippen MR) is 93.2 cm³/mol. The van der Waals surface area contributed by atoms with Crippen LogP contribution in [0.2, 0.25) is 0 Å². The van der Waals surface area contributed by atoms with Crippen molar-refractivity contribution in [3.63, 3.8) is 0 Å². The van der Waals surface area contributed by atoms with Gasteiger partial charge in [-0.25, -0.2) is 9.97 Å². The van der Waals surface area contributed by atoms with Crippen molar-refractivity contribution in [3.8, 4) is 17.1 Å². The van der Waals surface area contributed by atoms with Gasteiger partial charge in [-0.05, 0) is 0 Å². The number of anilines is 2. The summed E-state index contributed by atoms with van der Waals surface area (Å²) < 4.78 is 16.7. The Kier molecular flexibility index (Phi) is 4.67. The average molecular weight is 360 g/mol. The van der Waals surface area contributed by atoms with Gasteiger partial charge >= 0.3 is 0 Å². The highest BCUT2D eigenvalue weighted by molar-refractivity contribution is 5.60. The van der Waals surface area contributed by atoms with E-state index < -0.39 is 0 Å². The second-order valence-corrected chi connectivity index (χ2v) is 6.11. The van der Waals surface area contributed by atoms with Crippen LogP contribution in [0.3, 0.4) is 0 Å². The minimum Gasteiger partial charge on any atom is -0.472 e. The van der Waals surface area contributed by atoms with E-state index in [0.29, 0.717) is 62.6 Å². The van der Waals surface area contributed by atoms with Gasteiger partial charge in [-0.2, -0.15) is 4.98 Å². The quantitative estimate of drug-likeness (QED) is 0.762. The number of nitrogens with one attached hydrogen (secondary N) is 1. The number of aromatic nitrogens is 4. The molecule has 10 heteroatoms. The van der Waals surface area contributed by atoms with Gasteiger partial charge in [0.1, 0.15) is 6.10 Å². The van der Waals surface area contributed by atoms with Gasteiger partial charge in [0, 0.05) is 31.8 Å². The summed E-state index contributed by atoms with van der Waals surface area (Å²) >= 11 is 0. The Morgan fingerprint density at radius 2 is 2.08 bits per heavy atom. The fourth-order valence-corrected chi connectivity index (χ4v) is 2.88. The van der Waals surface area contributed by atoms with Crippen molar-refractivity contribution >= 4 is 11.9 Å². The van der Waals surface area contributed by atoms with Crippen molar-refractivity contribution < 1.29 is 14.2 Å². The molecule has 2 aliphatic heterocycles. The van der Waals surface area contributed by atoms with Gasteiger partial charge in [0.15, 0.2) is 5.95 Å². The fraction of sp³-hybridized carbons (Fsp3) is 0.500. The van der Waals surface area contributed by atoms with E-state index in [0.717, 1.165) is 6.42 Å². The van der Waals surface area contributed by atoms with E-state index in [1.54, 1.807) is 6.07 Å². The lowest BCUT2D eigenvalue weighted by Gasteiger charge is -2.27. The van der Waals surface area contributed by atoms with Crippen LogP contribution in [-0.4, -0.2) is 65.6 Å². The van der Waals surface area contributed by atoms with Gasteiger partial charge in [-0.15, -0.1) is 0 Å². The van der Waals surface area contributed by atoms with Gasteiger partial charge in [0.05, 0.1) is 37.7 Å². The first-order valence-electron chi connectivity index (χ1n) is 8.50. The first-order valence-corrected chi connectivity index (χ1v) is 8.50. The highest BCUT2D eigenvalue weighted by Gasteiger charge is 2.22. The summed E-state index contributed by atoms with van der Waals surface area (Å²) in [6.45, 7) is 3.74. The zero-order valence-corrected chi connectivity index (χ0v) is 14.2. The molecule has 0 aromatic carbocycles. The summed E-state index contributed by atoms with van der Waals surface area (Å²) in [4.78, 5) is 29.8. The average Bonchev–Trinajstić information content (AvgIpc) is 3.15. The van der Waals surface area contributed by atoms with Crippen molar-refractivity contribution in [2.75, 3.05) is 50.2 Å². The van der Waals surface area contributed by atoms with Crippen LogP contribution in [0.1, 0.15) is 6.42 Å². The lowest BCUT2D eigenvalue weighted by Crippen LogP contribution is -2.37. The van der Waals surface area contributed by atoms with Crippen LogP contribution in [-0.2, 0) is 9.47 Å². The van der Waals surface area contributed by atoms with E-state index in [1.165, 1.54) is 6.20 Å². The Morgan fingerprint density at radius 1 is 1.23 bits per heavy atom. The molecule has 1 atom stereocenters. The first-order chi connectivity index (χ1) is 12.7. The molecule has 138 valence electrons. The molecule has 2 aromatic heterocycles. The predicted octanol–water partition coefficient (Wildman–Crippen LogP) is -0.187. The minimum atomic E-state index is -0.362. The van der Waals surface area contributed by atoms with Crippen molar-refractivity contribution in [3.05, 3.63) is 22.6 Å². The second-order valence-electron chi connectivity index (χ2n) is 6.11. The number of rotatable bonds is 4. The van der Waals surface area contributed by atoms with Crippen molar-refractivity contribution in [1.29, 1.82) is 0 Å². The third-order valence-corrected chi connectivity index (χ3v) is 4.26. The zero-order chi connectivity index (χ0) is 17.9. The second kappa shape index (κ2) is 7.26. The third kappa shape index (κ3) is 3.60. The number of hydrogen-bond donors (Lipinski definition) is 2. The van der Waals surface area contributed by atoms with Crippen LogP contribution in [0, 0.1) is 0 Å². The maximum Gasteiger partial charge on any atom is 0.261 e. The number of nitrogen functional groups attached to an aromatic ring is 1. The van der Waals surface area contributed by atoms with Crippen LogP contribution in [0.25, 0.3) is 11.3 Å². The summed E-state index contributed by atoms with van der Waals surface area (Å²) in [6.07, 6.45) is 2.15. The molecule has 4 heterocycles. The van der Waals surface area contributed by atoms with Gasteiger partial charge in [-0.3, -0.25) is 9.78 Å². The molecule has 0 spiro atoms. The van der Waals surface area contributed by atoms with Gasteiger partial charge in [0.2, 0.25) is 11.8 Å². The molecular formula is C16H20N6O4. The highest BCUT2D eigenvalue weighted by Crippen LogP contribution is 2.24. The number of ether oxygens (including phenoxy) is 3. The van der Waals surface area contributed by atoms with E-state index in [4.69, 9.17) is 19.9 Å². The number of aromatic amines is 1. The molecule has 10 nitrogen and oxygen atoms in total. The molecule has 3 N–H and O–H groups in total. The van der Waals surface area contributed by atoms with E-state index in [2.05, 4.69) is 19.9 Å². The molecule has 0 bridgehead atoms. The fourth-order valence-electron chi connectivity index (χ4n) is 2.88. The van der Waals surface area contributed by atoms with Gasteiger partial charge in [0.25, 0.3) is 5.56 Å². The van der Waals surface area contributed by atoms with Crippen LogP contribution < -0.4 is 20.9 Å². The monoisotopic (exact) mass is 360 g/mol. The molecule has 0 aliphatic carbocycles. The van der Waals surface area contributed by atoms with Crippen molar-refractivity contribution in [2.24, 2.45) is 0 Å².